The maximum Gasteiger partial charge on any atom is 0.0461 e. The molecule has 0 radical (unpaired) electrons. The number of nitrogens with zero attached hydrogens (tertiary/aromatic N) is 1. The van der Waals surface area contributed by atoms with E-state index in [4.69, 9.17) is 5.73 Å². The Kier molecular flexibility index (Phi) is 4.16. The van der Waals surface area contributed by atoms with Crippen LogP contribution in [0.1, 0.15) is 12.0 Å². The topological polar surface area (TPSA) is 29.3 Å². The second kappa shape index (κ2) is 5.43. The molecule has 0 amide bonds. The molecule has 0 aliphatic carbocycles. The summed E-state index contributed by atoms with van der Waals surface area (Å²) in [7, 11) is 2.20. The van der Waals surface area contributed by atoms with Gasteiger partial charge in [0, 0.05) is 28.5 Å². The molecule has 1 fully saturated rings. The molecule has 1 heterocycles. The molecule has 0 bridgehead atoms. The highest BCUT2D eigenvalue weighted by Crippen LogP contribution is 2.27. The quantitative estimate of drug-likeness (QED) is 0.870. The summed E-state index contributed by atoms with van der Waals surface area (Å²) in [5.74, 6) is 2.56. The number of nitrogen functional groups attached to an aromatic ring is 1. The Morgan fingerprint density at radius 1 is 1.56 bits per heavy atom. The van der Waals surface area contributed by atoms with Crippen molar-refractivity contribution in [3.05, 3.63) is 28.2 Å². The van der Waals surface area contributed by atoms with Crippen molar-refractivity contribution in [3.8, 4) is 0 Å². The Hall–Kier alpha value is -0.190. The standard InChI is InChI=1S/C12H17BrN2S/c1-15(10-5-6-16-8-10)7-9-3-2-4-11(14)12(9)13/h2-4,10H,5-8,14H2,1H3. The minimum atomic E-state index is 0.721. The van der Waals surface area contributed by atoms with Crippen LogP contribution in [0.15, 0.2) is 22.7 Å². The van der Waals surface area contributed by atoms with E-state index in [-0.39, 0.29) is 0 Å². The molecule has 1 aliphatic heterocycles. The van der Waals surface area contributed by atoms with E-state index in [9.17, 15) is 0 Å². The summed E-state index contributed by atoms with van der Waals surface area (Å²) in [5, 5.41) is 0. The highest BCUT2D eigenvalue weighted by molar-refractivity contribution is 9.10. The zero-order valence-electron chi connectivity index (χ0n) is 9.45. The summed E-state index contributed by atoms with van der Waals surface area (Å²) >= 11 is 5.61. The molecule has 1 aromatic rings. The lowest BCUT2D eigenvalue weighted by molar-refractivity contribution is 0.254. The fraction of sp³-hybridized carbons (Fsp3) is 0.500. The molecular weight excluding hydrogens is 284 g/mol. The fourth-order valence-electron chi connectivity index (χ4n) is 1.99. The third-order valence-corrected chi connectivity index (χ3v) is 5.17. The lowest BCUT2D eigenvalue weighted by Crippen LogP contribution is -2.31. The molecular formula is C12H17BrN2S. The van der Waals surface area contributed by atoms with Crippen molar-refractivity contribution in [3.63, 3.8) is 0 Å². The van der Waals surface area contributed by atoms with Crippen molar-refractivity contribution in [2.75, 3.05) is 24.3 Å². The van der Waals surface area contributed by atoms with Crippen LogP contribution in [-0.4, -0.2) is 29.5 Å². The van der Waals surface area contributed by atoms with E-state index in [1.54, 1.807) is 0 Å². The van der Waals surface area contributed by atoms with E-state index in [1.165, 1.54) is 23.5 Å². The highest BCUT2D eigenvalue weighted by atomic mass is 79.9. The van der Waals surface area contributed by atoms with Crippen LogP contribution in [0.3, 0.4) is 0 Å². The molecule has 2 nitrogen and oxygen atoms in total. The maximum atomic E-state index is 5.88. The molecule has 1 unspecified atom stereocenters. The van der Waals surface area contributed by atoms with E-state index in [0.29, 0.717) is 0 Å². The van der Waals surface area contributed by atoms with Gasteiger partial charge in [0.25, 0.3) is 0 Å². The Morgan fingerprint density at radius 2 is 2.38 bits per heavy atom. The van der Waals surface area contributed by atoms with E-state index < -0.39 is 0 Å². The number of halogens is 1. The molecule has 1 saturated heterocycles. The third kappa shape index (κ3) is 2.73. The van der Waals surface area contributed by atoms with Crippen LogP contribution < -0.4 is 5.73 Å². The van der Waals surface area contributed by atoms with Crippen molar-refractivity contribution >= 4 is 33.4 Å². The maximum absolute atomic E-state index is 5.88. The molecule has 2 N–H and O–H groups in total. The van der Waals surface area contributed by atoms with Crippen LogP contribution in [-0.2, 0) is 6.54 Å². The van der Waals surface area contributed by atoms with E-state index in [1.807, 2.05) is 12.1 Å². The molecule has 1 aromatic carbocycles. The average molecular weight is 301 g/mol. The van der Waals surface area contributed by atoms with Crippen LogP contribution in [0.5, 0.6) is 0 Å². The first-order valence-corrected chi connectivity index (χ1v) is 7.44. The van der Waals surface area contributed by atoms with Gasteiger partial charge in [-0.2, -0.15) is 11.8 Å². The number of thioether (sulfide) groups is 1. The normalized spacial score (nSPS) is 20.6. The van der Waals surface area contributed by atoms with Crippen LogP contribution >= 0.6 is 27.7 Å². The predicted molar refractivity (Wildman–Crippen MR) is 75.8 cm³/mol. The molecule has 2 rings (SSSR count). The third-order valence-electron chi connectivity index (χ3n) is 3.06. The van der Waals surface area contributed by atoms with E-state index in [0.717, 1.165) is 22.7 Å². The Labute approximate surface area is 110 Å². The summed E-state index contributed by atoms with van der Waals surface area (Å²) in [6.45, 7) is 0.969. The number of rotatable bonds is 3. The van der Waals surface area contributed by atoms with Gasteiger partial charge in [-0.05, 0) is 46.8 Å². The van der Waals surface area contributed by atoms with Crippen LogP contribution in [0.4, 0.5) is 5.69 Å². The van der Waals surface area contributed by atoms with Gasteiger partial charge < -0.3 is 5.73 Å². The molecule has 1 aliphatic rings. The molecule has 88 valence electrons. The molecule has 0 spiro atoms. The number of hydrogen-bond acceptors (Lipinski definition) is 3. The van der Waals surface area contributed by atoms with Gasteiger partial charge in [-0.3, -0.25) is 4.90 Å². The summed E-state index contributed by atoms with van der Waals surface area (Å²) in [6, 6.07) is 6.81. The Bertz CT molecular complexity index is 364. The summed E-state index contributed by atoms with van der Waals surface area (Å²) in [5.41, 5.74) is 7.98. The second-order valence-electron chi connectivity index (χ2n) is 4.25. The number of hydrogen-bond donors (Lipinski definition) is 1. The highest BCUT2D eigenvalue weighted by Gasteiger charge is 2.20. The summed E-state index contributed by atoms with van der Waals surface area (Å²) in [4.78, 5) is 2.43. The van der Waals surface area contributed by atoms with Gasteiger partial charge in [0.15, 0.2) is 0 Å². The Balaban J connectivity index is 2.05. The first-order chi connectivity index (χ1) is 7.68. The van der Waals surface area contributed by atoms with Gasteiger partial charge in [0.2, 0.25) is 0 Å². The number of anilines is 1. The molecule has 0 saturated carbocycles. The van der Waals surface area contributed by atoms with Crippen molar-refractivity contribution in [2.24, 2.45) is 0 Å². The summed E-state index contributed by atoms with van der Waals surface area (Å²) in [6.07, 6.45) is 1.31. The Morgan fingerprint density at radius 3 is 3.06 bits per heavy atom. The van der Waals surface area contributed by atoms with Crippen molar-refractivity contribution < 1.29 is 0 Å². The monoisotopic (exact) mass is 300 g/mol. The largest absolute Gasteiger partial charge is 0.398 e. The fourth-order valence-corrected chi connectivity index (χ4v) is 3.68. The van der Waals surface area contributed by atoms with Crippen LogP contribution in [0.2, 0.25) is 0 Å². The first-order valence-electron chi connectivity index (χ1n) is 5.49. The van der Waals surface area contributed by atoms with E-state index in [2.05, 4.69) is 45.7 Å². The first kappa shape index (κ1) is 12.3. The smallest absolute Gasteiger partial charge is 0.0461 e. The summed E-state index contributed by atoms with van der Waals surface area (Å²) < 4.78 is 1.05. The second-order valence-corrected chi connectivity index (χ2v) is 6.20. The predicted octanol–water partition coefficient (Wildman–Crippen LogP) is 2.97. The zero-order chi connectivity index (χ0) is 11.5. The van der Waals surface area contributed by atoms with Crippen LogP contribution in [0.25, 0.3) is 0 Å². The zero-order valence-corrected chi connectivity index (χ0v) is 11.9. The SMILES string of the molecule is CN(Cc1cccc(N)c1Br)C1CCSC1. The van der Waals surface area contributed by atoms with Crippen molar-refractivity contribution in [1.29, 1.82) is 0 Å². The molecule has 0 aromatic heterocycles. The van der Waals surface area contributed by atoms with Gasteiger partial charge in [-0.15, -0.1) is 0 Å². The minimum Gasteiger partial charge on any atom is -0.398 e. The van der Waals surface area contributed by atoms with Crippen LogP contribution in [0, 0.1) is 0 Å². The van der Waals surface area contributed by atoms with Gasteiger partial charge in [0.1, 0.15) is 0 Å². The molecule has 4 heteroatoms. The molecule has 16 heavy (non-hydrogen) atoms. The van der Waals surface area contributed by atoms with Gasteiger partial charge in [0.05, 0.1) is 0 Å². The van der Waals surface area contributed by atoms with Gasteiger partial charge in [-0.1, -0.05) is 12.1 Å². The van der Waals surface area contributed by atoms with Crippen molar-refractivity contribution in [2.45, 2.75) is 19.0 Å². The van der Waals surface area contributed by atoms with E-state index >= 15 is 0 Å². The lowest BCUT2D eigenvalue weighted by atomic mass is 10.1. The average Bonchev–Trinajstić information content (AvgIpc) is 2.78. The van der Waals surface area contributed by atoms with Crippen molar-refractivity contribution in [1.82, 2.24) is 4.90 Å². The number of benzene rings is 1. The van der Waals surface area contributed by atoms with Gasteiger partial charge >= 0.3 is 0 Å². The number of nitrogens with two attached hydrogens (primary N) is 1. The molecule has 1 atom stereocenters. The minimum absolute atomic E-state index is 0.721. The van der Waals surface area contributed by atoms with Gasteiger partial charge in [-0.25, -0.2) is 0 Å². The lowest BCUT2D eigenvalue weighted by Gasteiger charge is -2.24.